The van der Waals surface area contributed by atoms with Gasteiger partial charge in [-0.2, -0.15) is 0 Å². The summed E-state index contributed by atoms with van der Waals surface area (Å²) >= 11 is -3.47. The summed E-state index contributed by atoms with van der Waals surface area (Å²) in [7, 11) is 9.08. The topological polar surface area (TPSA) is 0 Å². The van der Waals surface area contributed by atoms with Gasteiger partial charge in [-0.15, -0.1) is 0 Å². The van der Waals surface area contributed by atoms with Crippen LogP contribution in [0.15, 0.2) is 0 Å². The van der Waals surface area contributed by atoms with Crippen LogP contribution in [0.4, 0.5) is 13.2 Å². The van der Waals surface area contributed by atoms with Crippen LogP contribution in [-0.2, 0) is 0 Å². The van der Waals surface area contributed by atoms with Crippen molar-refractivity contribution in [1.82, 2.24) is 0 Å². The third-order valence-corrected chi connectivity index (χ3v) is 2.99. The maximum atomic E-state index is 11.0. The molecule has 0 aliphatic carbocycles. The van der Waals surface area contributed by atoms with Gasteiger partial charge in [-0.1, -0.05) is 0 Å². The van der Waals surface area contributed by atoms with Crippen LogP contribution in [0.3, 0.4) is 0 Å². The average molecular weight is 215 g/mol. The van der Waals surface area contributed by atoms with Crippen LogP contribution in [0.2, 0.25) is 0 Å². The van der Waals surface area contributed by atoms with Crippen molar-refractivity contribution in [2.45, 2.75) is 4.96 Å². The second kappa shape index (κ2) is 2.47. The Balaban J connectivity index is 3.54. The fourth-order valence-corrected chi connectivity index (χ4v) is 0. The molecule has 0 aromatic carbocycles. The third kappa shape index (κ3) is 3.51. The molecular weight excluding hydrogens is 215 g/mol. The summed E-state index contributed by atoms with van der Waals surface area (Å²) in [6.07, 6.45) is 0. The zero-order valence-electron chi connectivity index (χ0n) is 2.84. The predicted molar refractivity (Wildman–Crippen MR) is 23.5 cm³/mol. The molecule has 0 radical (unpaired) electrons. The van der Waals surface area contributed by atoms with Gasteiger partial charge in [-0.05, 0) is 0 Å². The van der Waals surface area contributed by atoms with Crippen LogP contribution in [0.5, 0.6) is 0 Å². The molecule has 6 heteroatoms. The van der Waals surface area contributed by atoms with Crippen LogP contribution in [0.25, 0.3) is 0 Å². The van der Waals surface area contributed by atoms with Crippen molar-refractivity contribution in [3.8, 4) is 0 Å². The molecule has 0 saturated carbocycles. The summed E-state index contributed by atoms with van der Waals surface area (Å²) in [5, 5.41) is 0. The number of alkyl halides is 3. The van der Waals surface area contributed by atoms with E-state index in [0.29, 0.717) is 0 Å². The molecule has 0 aliphatic rings. The van der Waals surface area contributed by atoms with Gasteiger partial charge in [0, 0.05) is 0 Å². The Bertz CT molecular complexity index is 58.4. The second-order valence-electron chi connectivity index (χ2n) is 0.701. The number of halogens is 5. The van der Waals surface area contributed by atoms with E-state index in [1.54, 1.807) is 0 Å². The Labute approximate surface area is 51.2 Å². The second-order valence-corrected chi connectivity index (χ2v) is 7.15. The van der Waals surface area contributed by atoms with Gasteiger partial charge < -0.3 is 0 Å². The summed E-state index contributed by atoms with van der Waals surface area (Å²) in [5.74, 6) is 0. The Hall–Kier alpha value is 0.928. The first-order chi connectivity index (χ1) is 2.94. The van der Waals surface area contributed by atoms with E-state index in [-0.39, 0.29) is 0 Å². The molecule has 0 aromatic rings. The molecule has 0 unspecified atom stereocenters. The molecule has 0 aromatic heterocycles. The first-order valence-corrected chi connectivity index (χ1v) is 7.00. The summed E-state index contributed by atoms with van der Waals surface area (Å²) in [4.78, 5) is -4.32. The quantitative estimate of drug-likeness (QED) is 0.542. The predicted octanol–water partition coefficient (Wildman–Crippen LogP) is 2.05. The van der Waals surface area contributed by atoms with Gasteiger partial charge in [0.25, 0.3) is 0 Å². The molecule has 0 heterocycles. The molecule has 0 saturated heterocycles. The van der Waals surface area contributed by atoms with E-state index in [0.717, 1.165) is 0 Å². The molecular formula is CAsCl2F3. The fourth-order valence-electron chi connectivity index (χ4n) is 0. The Kier molecular flexibility index (Phi) is 2.80. The SMILES string of the molecule is FC(F)(F)[As](Cl)Cl. The molecule has 7 heavy (non-hydrogen) atoms. The standard InChI is InChI=1S/CAsCl2F3/c3-2(4)1(5,6)7. The summed E-state index contributed by atoms with van der Waals surface area (Å²) in [5.41, 5.74) is 0. The summed E-state index contributed by atoms with van der Waals surface area (Å²) in [6.45, 7) is 0. The van der Waals surface area contributed by atoms with Gasteiger partial charge >= 0.3 is 50.8 Å². The van der Waals surface area contributed by atoms with E-state index < -0.39 is 17.7 Å². The fraction of sp³-hybridized carbons (Fsp3) is 1.00. The molecule has 0 rings (SSSR count). The molecule has 0 atom stereocenters. The zero-order valence-corrected chi connectivity index (χ0v) is 6.23. The van der Waals surface area contributed by atoms with E-state index in [1.165, 1.54) is 0 Å². The Morgan fingerprint density at radius 1 is 1.14 bits per heavy atom. The van der Waals surface area contributed by atoms with Gasteiger partial charge in [0.05, 0.1) is 0 Å². The van der Waals surface area contributed by atoms with Crippen LogP contribution >= 0.6 is 19.9 Å². The molecule has 0 amide bonds. The van der Waals surface area contributed by atoms with Crippen LogP contribution in [0.1, 0.15) is 0 Å². The minimum atomic E-state index is -4.32. The number of hydrogen-bond acceptors (Lipinski definition) is 0. The monoisotopic (exact) mass is 214 g/mol. The van der Waals surface area contributed by atoms with E-state index in [4.69, 9.17) is 0 Å². The van der Waals surface area contributed by atoms with Gasteiger partial charge in [0.1, 0.15) is 0 Å². The first kappa shape index (κ1) is 7.93. The number of hydrogen-bond donors (Lipinski definition) is 0. The van der Waals surface area contributed by atoms with E-state index in [1.807, 2.05) is 0 Å². The molecule has 0 spiro atoms. The van der Waals surface area contributed by atoms with E-state index in [9.17, 15) is 13.2 Å². The summed E-state index contributed by atoms with van der Waals surface area (Å²) in [6, 6.07) is 0. The molecule has 0 bridgehead atoms. The van der Waals surface area contributed by atoms with Gasteiger partial charge in [-0.25, -0.2) is 0 Å². The normalized spacial score (nSPS) is 12.9. The molecule has 0 aliphatic heterocycles. The molecule has 0 fully saturated rings. The third-order valence-electron chi connectivity index (χ3n) is 0.192. The first-order valence-electron chi connectivity index (χ1n) is 1.13. The van der Waals surface area contributed by atoms with Crippen molar-refractivity contribution in [2.75, 3.05) is 0 Å². The molecule has 44 valence electrons. The van der Waals surface area contributed by atoms with Crippen LogP contribution in [-0.4, -0.2) is 17.7 Å². The average Bonchev–Trinajstić information content (AvgIpc) is 1.31. The van der Waals surface area contributed by atoms with Crippen molar-refractivity contribution in [3.05, 3.63) is 0 Å². The van der Waals surface area contributed by atoms with Gasteiger partial charge in [-0.3, -0.25) is 0 Å². The van der Waals surface area contributed by atoms with Gasteiger partial charge in [0.2, 0.25) is 0 Å². The van der Waals surface area contributed by atoms with Crippen LogP contribution < -0.4 is 0 Å². The molecule has 0 N–H and O–H groups in total. The maximum absolute atomic E-state index is 11.0. The van der Waals surface area contributed by atoms with Crippen molar-refractivity contribution in [1.29, 1.82) is 0 Å². The van der Waals surface area contributed by atoms with Crippen molar-refractivity contribution >= 4 is 32.7 Å². The van der Waals surface area contributed by atoms with E-state index in [2.05, 4.69) is 19.9 Å². The van der Waals surface area contributed by atoms with Crippen LogP contribution in [0, 0.1) is 0 Å². The van der Waals surface area contributed by atoms with Gasteiger partial charge in [0.15, 0.2) is 0 Å². The van der Waals surface area contributed by atoms with Crippen molar-refractivity contribution in [2.24, 2.45) is 0 Å². The Morgan fingerprint density at radius 2 is 1.29 bits per heavy atom. The molecule has 0 nitrogen and oxygen atoms in total. The van der Waals surface area contributed by atoms with Crippen molar-refractivity contribution in [3.63, 3.8) is 0 Å². The summed E-state index contributed by atoms with van der Waals surface area (Å²) < 4.78 is 32.9. The minimum absolute atomic E-state index is 3.47. The number of rotatable bonds is 0. The van der Waals surface area contributed by atoms with E-state index >= 15 is 0 Å². The Morgan fingerprint density at radius 3 is 1.29 bits per heavy atom. The zero-order chi connectivity index (χ0) is 6.08. The van der Waals surface area contributed by atoms with Crippen molar-refractivity contribution < 1.29 is 13.2 Å².